The summed E-state index contributed by atoms with van der Waals surface area (Å²) in [5.41, 5.74) is 0.777. The van der Waals surface area contributed by atoms with Crippen LogP contribution in [-0.4, -0.2) is 39.5 Å². The Labute approximate surface area is 123 Å². The van der Waals surface area contributed by atoms with Crippen LogP contribution in [0.25, 0.3) is 10.9 Å². The van der Waals surface area contributed by atoms with Gasteiger partial charge in [-0.05, 0) is 44.4 Å². The van der Waals surface area contributed by atoms with E-state index in [1.165, 1.54) is 25.0 Å². The quantitative estimate of drug-likeness (QED) is 0.942. The Balaban J connectivity index is 1.58. The molecule has 1 aromatic heterocycles. The fraction of sp³-hybridized carbons (Fsp3) is 0.500. The molecule has 0 bridgehead atoms. The molecule has 21 heavy (non-hydrogen) atoms. The Bertz CT molecular complexity index is 670. The third-order valence-electron chi connectivity index (χ3n) is 4.58. The minimum atomic E-state index is -0.250. The molecule has 2 aromatic rings. The molecule has 110 valence electrons. The number of nitrogens with one attached hydrogen (secondary N) is 1. The molecule has 2 heterocycles. The van der Waals surface area contributed by atoms with Crippen molar-refractivity contribution in [3.05, 3.63) is 30.3 Å². The molecule has 1 N–H and O–H groups in total. The number of anilines is 1. The Morgan fingerprint density at radius 3 is 2.95 bits per heavy atom. The van der Waals surface area contributed by atoms with Crippen molar-refractivity contribution in [2.45, 2.75) is 44.3 Å². The summed E-state index contributed by atoms with van der Waals surface area (Å²) >= 11 is 0. The van der Waals surface area contributed by atoms with Gasteiger partial charge in [0.05, 0.1) is 5.52 Å². The summed E-state index contributed by atoms with van der Waals surface area (Å²) in [6, 6.07) is 6.42. The first kappa shape index (κ1) is 13.0. The summed E-state index contributed by atoms with van der Waals surface area (Å²) in [4.78, 5) is 11.1. The summed E-state index contributed by atoms with van der Waals surface area (Å²) in [7, 11) is 0. The first-order valence-corrected chi connectivity index (χ1v) is 7.63. The van der Waals surface area contributed by atoms with E-state index in [9.17, 15) is 4.39 Å². The minimum absolute atomic E-state index is 0.250. The third-order valence-corrected chi connectivity index (χ3v) is 4.58. The maximum absolute atomic E-state index is 13.5. The number of likely N-dealkylation sites (tertiary alicyclic amines) is 1. The van der Waals surface area contributed by atoms with E-state index in [4.69, 9.17) is 0 Å². The number of hydrogen-bond acceptors (Lipinski definition) is 4. The Morgan fingerprint density at radius 2 is 2.14 bits per heavy atom. The monoisotopic (exact) mass is 286 g/mol. The predicted molar refractivity (Wildman–Crippen MR) is 80.7 cm³/mol. The number of fused-ring (bicyclic) bond motifs is 1. The van der Waals surface area contributed by atoms with E-state index < -0.39 is 0 Å². The van der Waals surface area contributed by atoms with Gasteiger partial charge in [0.1, 0.15) is 18.0 Å². The molecule has 1 saturated heterocycles. The average molecular weight is 286 g/mol. The molecule has 2 atom stereocenters. The largest absolute Gasteiger partial charge is 0.365 e. The fourth-order valence-electron chi connectivity index (χ4n) is 3.41. The van der Waals surface area contributed by atoms with E-state index in [1.807, 2.05) is 0 Å². The summed E-state index contributed by atoms with van der Waals surface area (Å²) < 4.78 is 13.5. The van der Waals surface area contributed by atoms with Gasteiger partial charge in [-0.1, -0.05) is 0 Å². The Kier molecular flexibility index (Phi) is 3.03. The van der Waals surface area contributed by atoms with Crippen molar-refractivity contribution in [2.24, 2.45) is 0 Å². The van der Waals surface area contributed by atoms with Crippen LogP contribution in [0.5, 0.6) is 0 Å². The SMILES string of the molecule is CC1CC(Nc2ncnc3ccc(F)cc23)CN1C1CC1. The molecule has 1 saturated carbocycles. The summed E-state index contributed by atoms with van der Waals surface area (Å²) in [6.07, 6.45) is 5.31. The van der Waals surface area contributed by atoms with Crippen LogP contribution in [0.4, 0.5) is 10.2 Å². The van der Waals surface area contributed by atoms with Crippen molar-refractivity contribution in [3.63, 3.8) is 0 Å². The zero-order valence-corrected chi connectivity index (χ0v) is 12.1. The number of halogens is 1. The van der Waals surface area contributed by atoms with Crippen LogP contribution in [0.2, 0.25) is 0 Å². The van der Waals surface area contributed by atoms with Crippen molar-refractivity contribution in [2.75, 3.05) is 11.9 Å². The van der Waals surface area contributed by atoms with Crippen LogP contribution in [0.15, 0.2) is 24.5 Å². The molecule has 1 aromatic carbocycles. The molecule has 2 unspecified atom stereocenters. The lowest BCUT2D eigenvalue weighted by molar-refractivity contribution is 0.257. The molecular weight excluding hydrogens is 267 g/mol. The molecule has 1 aliphatic heterocycles. The topological polar surface area (TPSA) is 41.1 Å². The van der Waals surface area contributed by atoms with Crippen LogP contribution < -0.4 is 5.32 Å². The first-order chi connectivity index (χ1) is 10.2. The molecule has 1 aliphatic carbocycles. The number of hydrogen-bond donors (Lipinski definition) is 1. The van der Waals surface area contributed by atoms with Gasteiger partial charge >= 0.3 is 0 Å². The van der Waals surface area contributed by atoms with Gasteiger partial charge in [-0.25, -0.2) is 14.4 Å². The van der Waals surface area contributed by atoms with Crippen molar-refractivity contribution >= 4 is 16.7 Å². The predicted octanol–water partition coefficient (Wildman–Crippen LogP) is 2.81. The van der Waals surface area contributed by atoms with Crippen LogP contribution in [0.1, 0.15) is 26.2 Å². The number of aromatic nitrogens is 2. The summed E-state index contributed by atoms with van der Waals surface area (Å²) in [5, 5.41) is 4.25. The van der Waals surface area contributed by atoms with Gasteiger partial charge in [0.25, 0.3) is 0 Å². The number of rotatable bonds is 3. The molecule has 4 rings (SSSR count). The van der Waals surface area contributed by atoms with Crippen LogP contribution in [-0.2, 0) is 0 Å². The van der Waals surface area contributed by atoms with Crippen LogP contribution in [0.3, 0.4) is 0 Å². The van der Waals surface area contributed by atoms with E-state index in [1.54, 1.807) is 12.4 Å². The van der Waals surface area contributed by atoms with E-state index >= 15 is 0 Å². The second kappa shape index (κ2) is 4.91. The van der Waals surface area contributed by atoms with Gasteiger partial charge in [0.2, 0.25) is 0 Å². The smallest absolute Gasteiger partial charge is 0.137 e. The normalized spacial score (nSPS) is 26.4. The van der Waals surface area contributed by atoms with Crippen molar-refractivity contribution in [1.29, 1.82) is 0 Å². The highest BCUT2D eigenvalue weighted by molar-refractivity contribution is 5.88. The number of nitrogens with zero attached hydrogens (tertiary/aromatic N) is 3. The van der Waals surface area contributed by atoms with Gasteiger partial charge in [-0.3, -0.25) is 4.90 Å². The molecule has 0 spiro atoms. The lowest BCUT2D eigenvalue weighted by Gasteiger charge is -2.20. The highest BCUT2D eigenvalue weighted by atomic mass is 19.1. The first-order valence-electron chi connectivity index (χ1n) is 7.63. The molecule has 0 amide bonds. The summed E-state index contributed by atoms with van der Waals surface area (Å²) in [6.45, 7) is 3.34. The highest BCUT2D eigenvalue weighted by Gasteiger charge is 2.38. The molecular formula is C16H19FN4. The van der Waals surface area contributed by atoms with Gasteiger partial charge in [-0.2, -0.15) is 0 Å². The molecule has 2 aliphatic rings. The lowest BCUT2D eigenvalue weighted by atomic mass is 10.1. The van der Waals surface area contributed by atoms with Crippen molar-refractivity contribution < 1.29 is 4.39 Å². The fourth-order valence-corrected chi connectivity index (χ4v) is 3.41. The third kappa shape index (κ3) is 2.46. The maximum atomic E-state index is 13.5. The van der Waals surface area contributed by atoms with Crippen LogP contribution in [0, 0.1) is 5.82 Å². The zero-order chi connectivity index (χ0) is 14.4. The maximum Gasteiger partial charge on any atom is 0.137 e. The lowest BCUT2D eigenvalue weighted by Crippen LogP contribution is -2.31. The standard InChI is InChI=1S/C16H19FN4/c1-10-6-12(8-21(10)13-3-4-13)20-16-14-7-11(17)2-5-15(14)18-9-19-16/h2,5,7,9-10,12-13H,3-4,6,8H2,1H3,(H,18,19,20). The molecule has 2 fully saturated rings. The van der Waals surface area contributed by atoms with Gasteiger partial charge in [-0.15, -0.1) is 0 Å². The van der Waals surface area contributed by atoms with E-state index in [2.05, 4.69) is 27.1 Å². The van der Waals surface area contributed by atoms with Crippen LogP contribution >= 0.6 is 0 Å². The van der Waals surface area contributed by atoms with E-state index in [0.29, 0.717) is 12.1 Å². The average Bonchev–Trinajstić information content (AvgIpc) is 3.24. The van der Waals surface area contributed by atoms with Gasteiger partial charge < -0.3 is 5.32 Å². The zero-order valence-electron chi connectivity index (χ0n) is 12.1. The van der Waals surface area contributed by atoms with Crippen molar-refractivity contribution in [3.8, 4) is 0 Å². The van der Waals surface area contributed by atoms with Gasteiger partial charge in [0.15, 0.2) is 0 Å². The minimum Gasteiger partial charge on any atom is -0.365 e. The second-order valence-electron chi connectivity index (χ2n) is 6.24. The van der Waals surface area contributed by atoms with Gasteiger partial charge in [0, 0.05) is 30.1 Å². The summed E-state index contributed by atoms with van der Waals surface area (Å²) in [5.74, 6) is 0.495. The highest BCUT2D eigenvalue weighted by Crippen LogP contribution is 2.34. The van der Waals surface area contributed by atoms with E-state index in [0.717, 1.165) is 35.7 Å². The molecule has 5 heteroatoms. The Hall–Kier alpha value is -1.75. The number of benzene rings is 1. The Morgan fingerprint density at radius 1 is 1.29 bits per heavy atom. The van der Waals surface area contributed by atoms with Crippen molar-refractivity contribution in [1.82, 2.24) is 14.9 Å². The second-order valence-corrected chi connectivity index (χ2v) is 6.24. The molecule has 0 radical (unpaired) electrons. The van der Waals surface area contributed by atoms with E-state index in [-0.39, 0.29) is 5.82 Å². The molecule has 4 nitrogen and oxygen atoms in total.